The van der Waals surface area contributed by atoms with Crippen LogP contribution in [0.5, 0.6) is 0 Å². The molecule has 0 aliphatic carbocycles. The van der Waals surface area contributed by atoms with Crippen molar-refractivity contribution in [2.24, 2.45) is 0 Å². The van der Waals surface area contributed by atoms with E-state index in [9.17, 15) is 54.8 Å². The molecule has 0 aromatic heterocycles. The van der Waals surface area contributed by atoms with Gasteiger partial charge in [0.2, 0.25) is 0 Å². The smallest absolute Gasteiger partial charge is 0.462 e. The molecule has 0 spiro atoms. The van der Waals surface area contributed by atoms with Crippen molar-refractivity contribution in [2.45, 2.75) is 267 Å². The molecule has 2 fully saturated rings. The van der Waals surface area contributed by atoms with Crippen LogP contribution in [0.25, 0.3) is 0 Å². The molecule has 68 heavy (non-hydrogen) atoms. The predicted octanol–water partition coefficient (Wildman–Crippen LogP) is 6.59. The first-order chi connectivity index (χ1) is 32.8. The Morgan fingerprint density at radius 3 is 1.43 bits per heavy atom. The average molecular weight is 1000 g/mol. The number of hydrogen-bond acceptors (Lipinski definition) is 17. The van der Waals surface area contributed by atoms with Gasteiger partial charge in [0.25, 0.3) is 0 Å². The molecule has 18 nitrogen and oxygen atoms in total. The number of esters is 2. The zero-order chi connectivity index (χ0) is 50.0. The summed E-state index contributed by atoms with van der Waals surface area (Å²) in [5.74, 6) is -1.04. The van der Waals surface area contributed by atoms with Gasteiger partial charge in [-0.25, -0.2) is 4.57 Å². The van der Waals surface area contributed by atoms with E-state index in [1.54, 1.807) is 0 Å². The third kappa shape index (κ3) is 26.9. The number of aliphatic hydroxyl groups excluding tert-OH is 7. The molecule has 2 unspecified atom stereocenters. The van der Waals surface area contributed by atoms with Crippen molar-refractivity contribution in [1.29, 1.82) is 0 Å². The van der Waals surface area contributed by atoms with Crippen molar-refractivity contribution in [1.82, 2.24) is 0 Å². The summed E-state index contributed by atoms with van der Waals surface area (Å²) in [6.07, 6.45) is 13.1. The van der Waals surface area contributed by atoms with Crippen LogP contribution >= 0.6 is 7.82 Å². The normalized spacial score (nSPS) is 26.6. The van der Waals surface area contributed by atoms with Gasteiger partial charge in [-0.1, -0.05) is 168 Å². The Morgan fingerprint density at radius 1 is 0.515 bits per heavy atom. The Morgan fingerprint density at radius 2 is 0.956 bits per heavy atom. The van der Waals surface area contributed by atoms with Crippen LogP contribution in [0.1, 0.15) is 200 Å². The number of hydrogen-bond donors (Lipinski definition) is 8. The molecule has 0 radical (unpaired) electrons. The monoisotopic (exact) mass is 1000 g/mol. The van der Waals surface area contributed by atoms with Crippen LogP contribution in [-0.2, 0) is 46.9 Å². The summed E-state index contributed by atoms with van der Waals surface area (Å²) in [5.41, 5.74) is 0. The maximum Gasteiger partial charge on any atom is 0.472 e. The molecule has 8 N–H and O–H groups in total. The fourth-order valence-corrected chi connectivity index (χ4v) is 9.36. The van der Waals surface area contributed by atoms with Crippen LogP contribution in [0.2, 0.25) is 0 Å². The molecule has 2 aliphatic rings. The van der Waals surface area contributed by atoms with Crippen LogP contribution in [0.15, 0.2) is 0 Å². The zero-order valence-corrected chi connectivity index (χ0v) is 42.4. The topological polar surface area (TPSA) is 278 Å². The molecule has 0 bridgehead atoms. The van der Waals surface area contributed by atoms with E-state index in [0.717, 1.165) is 44.9 Å². The van der Waals surface area contributed by atoms with Crippen LogP contribution in [-0.4, -0.2) is 153 Å². The summed E-state index contributed by atoms with van der Waals surface area (Å²) >= 11 is 0. The molecule has 0 aromatic rings. The molecule has 2 saturated heterocycles. The van der Waals surface area contributed by atoms with Crippen molar-refractivity contribution in [3.8, 4) is 0 Å². The van der Waals surface area contributed by atoms with E-state index in [4.69, 9.17) is 32.7 Å². The van der Waals surface area contributed by atoms with Gasteiger partial charge in [0.15, 0.2) is 12.4 Å². The second-order valence-electron chi connectivity index (χ2n) is 18.8. The summed E-state index contributed by atoms with van der Waals surface area (Å²) < 4.78 is 50.8. The van der Waals surface area contributed by atoms with E-state index in [-0.39, 0.29) is 19.3 Å². The minimum absolute atomic E-state index is 0.118. The van der Waals surface area contributed by atoms with Crippen LogP contribution < -0.4 is 0 Å². The molecule has 12 atom stereocenters. The first-order valence-electron chi connectivity index (χ1n) is 26.3. The Hall–Kier alpha value is -1.35. The summed E-state index contributed by atoms with van der Waals surface area (Å²) in [6.45, 7) is 1.39. The van der Waals surface area contributed by atoms with Gasteiger partial charge in [0.05, 0.1) is 32.5 Å². The highest BCUT2D eigenvalue weighted by Gasteiger charge is 2.50. The predicted molar refractivity (Wildman–Crippen MR) is 254 cm³/mol. The minimum atomic E-state index is -4.83. The standard InChI is InChI=1S/C49H93O18P/c1-3-5-7-9-11-13-15-17-19-21-23-25-27-29-41(52)61-35-37(64-42(53)30-28-26-24-22-20-18-16-14-12-10-8-6-4-2)36-63-68(59,60)62-32-31-38-43(54)46(57)48(40(34-51)65-38)67-49-47(58)45(56)44(55)39(33-50)66-49/h37-40,43-51,54-58H,3-36H2,1-2H3,(H,59,60)/t37?,38-,39+,40+,43-,44-,45-,46+,47+,48-,49+/m0/s1. The van der Waals surface area contributed by atoms with Gasteiger partial charge in [0.1, 0.15) is 55.4 Å². The third-order valence-corrected chi connectivity index (χ3v) is 13.9. The Kier molecular flexibility index (Phi) is 35.3. The molecule has 402 valence electrons. The molecular weight excluding hydrogens is 907 g/mol. The molecule has 0 amide bonds. The van der Waals surface area contributed by atoms with Crippen molar-refractivity contribution in [2.75, 3.05) is 33.0 Å². The SMILES string of the molecule is CCCCCCCCCCCCCCCC(=O)OCC(COP(=O)(O)OCC[C@@H]1O[C@H](CO)[C@H](O[C@H]2O[C@H](CO)[C@H](O)[C@H](O)[C@H]2O)[C@H](O)[C@H]1O)OC(=O)CCCCCCCCCCCCCCC. The summed E-state index contributed by atoms with van der Waals surface area (Å²) in [7, 11) is -4.83. The van der Waals surface area contributed by atoms with E-state index >= 15 is 0 Å². The number of aliphatic hydroxyl groups is 7. The highest BCUT2D eigenvalue weighted by Crippen LogP contribution is 2.44. The highest BCUT2D eigenvalue weighted by molar-refractivity contribution is 7.47. The number of carbonyl (C=O) groups is 2. The van der Waals surface area contributed by atoms with Crippen LogP contribution in [0, 0.1) is 0 Å². The molecule has 0 aromatic carbocycles. The van der Waals surface area contributed by atoms with E-state index in [1.807, 2.05) is 0 Å². The van der Waals surface area contributed by atoms with Crippen molar-refractivity contribution in [3.63, 3.8) is 0 Å². The molecule has 2 aliphatic heterocycles. The lowest BCUT2D eigenvalue weighted by Gasteiger charge is -2.46. The molecule has 2 rings (SSSR count). The molecule has 19 heteroatoms. The van der Waals surface area contributed by atoms with Gasteiger partial charge in [-0.2, -0.15) is 0 Å². The Bertz CT molecular complexity index is 1310. The number of carbonyl (C=O) groups excluding carboxylic acids is 2. The number of phosphoric acid groups is 1. The highest BCUT2D eigenvalue weighted by atomic mass is 31.2. The van der Waals surface area contributed by atoms with Gasteiger partial charge in [-0.3, -0.25) is 18.6 Å². The second-order valence-corrected chi connectivity index (χ2v) is 20.3. The number of unbranched alkanes of at least 4 members (excludes halogenated alkanes) is 24. The van der Waals surface area contributed by atoms with Gasteiger partial charge >= 0.3 is 19.8 Å². The van der Waals surface area contributed by atoms with E-state index < -0.39 is 120 Å². The van der Waals surface area contributed by atoms with E-state index in [0.29, 0.717) is 12.8 Å². The Balaban J connectivity index is 1.82. The lowest BCUT2D eigenvalue weighted by molar-refractivity contribution is -0.342. The first kappa shape index (κ1) is 62.8. The van der Waals surface area contributed by atoms with Gasteiger partial charge in [0, 0.05) is 19.3 Å². The Labute approximate surface area is 406 Å². The minimum Gasteiger partial charge on any atom is -0.462 e. The zero-order valence-electron chi connectivity index (χ0n) is 41.5. The lowest BCUT2D eigenvalue weighted by Crippen LogP contribution is -2.64. The fourth-order valence-electron chi connectivity index (χ4n) is 8.60. The summed E-state index contributed by atoms with van der Waals surface area (Å²) in [5, 5.41) is 71.8. The number of ether oxygens (including phenoxy) is 5. The average Bonchev–Trinajstić information content (AvgIpc) is 3.32. The largest absolute Gasteiger partial charge is 0.472 e. The van der Waals surface area contributed by atoms with Crippen molar-refractivity contribution < 1.29 is 87.5 Å². The molecule has 2 heterocycles. The summed E-state index contributed by atoms with van der Waals surface area (Å²) in [6, 6.07) is 0. The first-order valence-corrected chi connectivity index (χ1v) is 27.8. The van der Waals surface area contributed by atoms with Crippen LogP contribution in [0.4, 0.5) is 0 Å². The van der Waals surface area contributed by atoms with Gasteiger partial charge < -0.3 is 64.3 Å². The van der Waals surface area contributed by atoms with E-state index in [1.165, 1.54) is 109 Å². The molecule has 0 saturated carbocycles. The fraction of sp³-hybridized carbons (Fsp3) is 0.959. The van der Waals surface area contributed by atoms with Gasteiger partial charge in [-0.05, 0) is 12.8 Å². The maximum atomic E-state index is 13.0. The lowest BCUT2D eigenvalue weighted by atomic mass is 9.93. The van der Waals surface area contributed by atoms with Crippen molar-refractivity contribution in [3.05, 3.63) is 0 Å². The van der Waals surface area contributed by atoms with E-state index in [2.05, 4.69) is 13.8 Å². The third-order valence-electron chi connectivity index (χ3n) is 12.9. The number of rotatable bonds is 42. The molecular formula is C49H93O18P. The van der Waals surface area contributed by atoms with Crippen LogP contribution in [0.3, 0.4) is 0 Å². The number of phosphoric ester groups is 1. The maximum absolute atomic E-state index is 13.0. The summed E-state index contributed by atoms with van der Waals surface area (Å²) in [4.78, 5) is 36.1. The van der Waals surface area contributed by atoms with Gasteiger partial charge in [-0.15, -0.1) is 0 Å². The second kappa shape index (κ2) is 38.3. The van der Waals surface area contributed by atoms with Crippen molar-refractivity contribution >= 4 is 19.8 Å². The quantitative estimate of drug-likeness (QED) is 0.0182.